The zero-order valence-electron chi connectivity index (χ0n) is 43.6. The molecule has 0 saturated heterocycles. The average Bonchev–Trinajstić information content (AvgIpc) is 3.98. The monoisotopic (exact) mass is 1030 g/mol. The number of aromatic nitrogens is 3. The molecule has 0 fully saturated rings. The SMILES string of the molecule is N#Cc1ccc(N(c2ccc(C#N)cc2)c2ccc3c(c2)c2cc(N(c4ccccc4)c4ccccc4)ccc2n3-c2ccc(-c3ccc(-c4ccc(-c5cc(-c6ccccc6)nc(-c6ccccc6)n5)cc4)c(C#N)c3)cc2)cc1. The molecule has 0 atom stereocenters. The first-order chi connectivity index (χ1) is 40.0. The molecule has 0 saturated carbocycles. The van der Waals surface area contributed by atoms with Gasteiger partial charge in [0.15, 0.2) is 5.82 Å². The minimum Gasteiger partial charge on any atom is -0.310 e. The predicted octanol–water partition coefficient (Wildman–Crippen LogP) is 18.5. The molecule has 13 aromatic rings. The second-order valence-electron chi connectivity index (χ2n) is 19.6. The van der Waals surface area contributed by atoms with Crippen molar-refractivity contribution in [2.24, 2.45) is 0 Å². The van der Waals surface area contributed by atoms with Crippen LogP contribution in [0.4, 0.5) is 34.1 Å². The van der Waals surface area contributed by atoms with Crippen LogP contribution >= 0.6 is 0 Å². The lowest BCUT2D eigenvalue weighted by Gasteiger charge is -2.26. The van der Waals surface area contributed by atoms with E-state index >= 15 is 0 Å². The van der Waals surface area contributed by atoms with Gasteiger partial charge >= 0.3 is 0 Å². The van der Waals surface area contributed by atoms with Crippen LogP contribution in [0, 0.1) is 34.0 Å². The lowest BCUT2D eigenvalue weighted by Crippen LogP contribution is -2.10. The number of benzene rings is 11. The van der Waals surface area contributed by atoms with Gasteiger partial charge in [-0.25, -0.2) is 9.97 Å². The molecule has 378 valence electrons. The fourth-order valence-electron chi connectivity index (χ4n) is 10.7. The summed E-state index contributed by atoms with van der Waals surface area (Å²) >= 11 is 0. The Morgan fingerprint density at radius 1 is 0.309 bits per heavy atom. The van der Waals surface area contributed by atoms with E-state index in [2.05, 4.69) is 184 Å². The molecule has 2 aromatic heterocycles. The highest BCUT2D eigenvalue weighted by molar-refractivity contribution is 6.12. The quantitative estimate of drug-likeness (QED) is 0.120. The van der Waals surface area contributed by atoms with E-state index in [1.165, 1.54) is 0 Å². The lowest BCUT2D eigenvalue weighted by molar-refractivity contribution is 1.18. The van der Waals surface area contributed by atoms with Crippen molar-refractivity contribution in [3.63, 3.8) is 0 Å². The number of hydrogen-bond donors (Lipinski definition) is 0. The molecule has 0 aliphatic carbocycles. The summed E-state index contributed by atoms with van der Waals surface area (Å²) in [5.74, 6) is 0.657. The molecule has 0 aliphatic rings. The number of anilines is 6. The zero-order chi connectivity index (χ0) is 54.7. The molecule has 8 heteroatoms. The Kier molecular flexibility index (Phi) is 12.9. The molecule has 0 radical (unpaired) electrons. The van der Waals surface area contributed by atoms with Crippen LogP contribution in [-0.2, 0) is 0 Å². The number of nitrogens with zero attached hydrogens (tertiary/aromatic N) is 8. The molecular weight excluding hydrogens is 989 g/mol. The molecule has 0 spiro atoms. The molecule has 8 nitrogen and oxygen atoms in total. The van der Waals surface area contributed by atoms with Gasteiger partial charge in [0.25, 0.3) is 0 Å². The Balaban J connectivity index is 0.875. The number of para-hydroxylation sites is 2. The number of hydrogen-bond acceptors (Lipinski definition) is 7. The Hall–Kier alpha value is -11.6. The van der Waals surface area contributed by atoms with Crippen molar-refractivity contribution in [3.8, 4) is 80.1 Å². The predicted molar refractivity (Wildman–Crippen MR) is 327 cm³/mol. The van der Waals surface area contributed by atoms with E-state index in [0.717, 1.165) is 112 Å². The van der Waals surface area contributed by atoms with E-state index in [-0.39, 0.29) is 0 Å². The van der Waals surface area contributed by atoms with E-state index in [4.69, 9.17) is 9.97 Å². The molecule has 0 unspecified atom stereocenters. The van der Waals surface area contributed by atoms with Gasteiger partial charge in [-0.2, -0.15) is 15.8 Å². The molecule has 0 aliphatic heterocycles. The fourth-order valence-corrected chi connectivity index (χ4v) is 10.7. The second kappa shape index (κ2) is 21.4. The van der Waals surface area contributed by atoms with Crippen molar-refractivity contribution in [1.82, 2.24) is 14.5 Å². The van der Waals surface area contributed by atoms with E-state index in [9.17, 15) is 15.8 Å². The van der Waals surface area contributed by atoms with Crippen molar-refractivity contribution < 1.29 is 0 Å². The maximum absolute atomic E-state index is 10.6. The largest absolute Gasteiger partial charge is 0.310 e. The van der Waals surface area contributed by atoms with Gasteiger partial charge < -0.3 is 14.4 Å². The van der Waals surface area contributed by atoms with Gasteiger partial charge in [0.1, 0.15) is 0 Å². The maximum atomic E-state index is 10.6. The van der Waals surface area contributed by atoms with Crippen molar-refractivity contribution in [2.75, 3.05) is 9.80 Å². The first-order valence-corrected chi connectivity index (χ1v) is 26.5. The molecule has 0 bridgehead atoms. The minimum atomic E-state index is 0.567. The van der Waals surface area contributed by atoms with Crippen LogP contribution in [0.2, 0.25) is 0 Å². The van der Waals surface area contributed by atoms with E-state index in [0.29, 0.717) is 22.5 Å². The molecule has 13 rings (SSSR count). The maximum Gasteiger partial charge on any atom is 0.160 e. The number of rotatable bonds is 12. The van der Waals surface area contributed by atoms with Crippen molar-refractivity contribution >= 4 is 55.9 Å². The smallest absolute Gasteiger partial charge is 0.160 e. The first-order valence-electron chi connectivity index (χ1n) is 26.5. The van der Waals surface area contributed by atoms with Crippen LogP contribution in [0.3, 0.4) is 0 Å². The zero-order valence-corrected chi connectivity index (χ0v) is 43.6. The molecule has 2 heterocycles. The fraction of sp³-hybridized carbons (Fsp3) is 0. The third kappa shape index (κ3) is 9.57. The van der Waals surface area contributed by atoms with Gasteiger partial charge in [-0.3, -0.25) is 0 Å². The Morgan fingerprint density at radius 3 is 1.20 bits per heavy atom. The van der Waals surface area contributed by atoms with Crippen LogP contribution in [0.5, 0.6) is 0 Å². The topological polar surface area (TPSA) is 109 Å². The Labute approximate surface area is 469 Å². The summed E-state index contributed by atoms with van der Waals surface area (Å²) in [6, 6.07) is 101. The van der Waals surface area contributed by atoms with Crippen molar-refractivity contribution in [3.05, 3.63) is 296 Å². The summed E-state index contributed by atoms with van der Waals surface area (Å²) in [5, 5.41) is 32.1. The van der Waals surface area contributed by atoms with Gasteiger partial charge in [-0.15, -0.1) is 0 Å². The standard InChI is InChI=1S/C73H46N8/c74-47-50-21-32-61(33-22-50)80(62-34-23-51(48-75)24-35-62)65-39-42-72-68(45-65)67-44-64(79(59-17-9-3-10-18-59)60-19-11-4-12-20-60)38-41-71(67)81(72)63-36-29-52(30-37-63)57-31-40-66(58(43-57)49-76)53-25-27-55(28-26-53)70-46-69(54-13-5-1-6-14-54)77-73(78-70)56-15-7-2-8-16-56/h1-46H. The minimum absolute atomic E-state index is 0.567. The third-order valence-electron chi connectivity index (χ3n) is 14.7. The van der Waals surface area contributed by atoms with E-state index in [1.807, 2.05) is 127 Å². The molecule has 81 heavy (non-hydrogen) atoms. The first kappa shape index (κ1) is 49.0. The number of nitriles is 3. The van der Waals surface area contributed by atoms with Gasteiger partial charge in [0, 0.05) is 67.3 Å². The molecule has 0 amide bonds. The van der Waals surface area contributed by atoms with Crippen LogP contribution < -0.4 is 9.80 Å². The summed E-state index contributed by atoms with van der Waals surface area (Å²) in [4.78, 5) is 14.4. The van der Waals surface area contributed by atoms with Crippen LogP contribution in [0.1, 0.15) is 16.7 Å². The second-order valence-corrected chi connectivity index (χ2v) is 19.6. The van der Waals surface area contributed by atoms with Gasteiger partial charge in [-0.05, 0) is 156 Å². The van der Waals surface area contributed by atoms with Crippen LogP contribution in [0.15, 0.2) is 279 Å². The van der Waals surface area contributed by atoms with Gasteiger partial charge in [0.05, 0.1) is 57.3 Å². The van der Waals surface area contributed by atoms with Crippen molar-refractivity contribution in [1.29, 1.82) is 15.8 Å². The summed E-state index contributed by atoms with van der Waals surface area (Å²) in [5.41, 5.74) is 18.7. The number of fused-ring (bicyclic) bond motifs is 3. The van der Waals surface area contributed by atoms with Crippen LogP contribution in [-0.4, -0.2) is 14.5 Å². The summed E-state index contributed by atoms with van der Waals surface area (Å²) in [7, 11) is 0. The normalized spacial score (nSPS) is 10.9. The van der Waals surface area contributed by atoms with E-state index < -0.39 is 0 Å². The lowest BCUT2D eigenvalue weighted by atomic mass is 9.94. The molecule has 11 aromatic carbocycles. The van der Waals surface area contributed by atoms with Crippen LogP contribution in [0.25, 0.3) is 83.6 Å². The van der Waals surface area contributed by atoms with E-state index in [1.54, 1.807) is 0 Å². The van der Waals surface area contributed by atoms with Crippen molar-refractivity contribution in [2.45, 2.75) is 0 Å². The highest BCUT2D eigenvalue weighted by Crippen LogP contribution is 2.43. The molecular formula is C73H46N8. The van der Waals surface area contributed by atoms with Gasteiger partial charge in [-0.1, -0.05) is 146 Å². The molecule has 0 N–H and O–H groups in total. The third-order valence-corrected chi connectivity index (χ3v) is 14.7. The summed E-state index contributed by atoms with van der Waals surface area (Å²) in [6.07, 6.45) is 0. The summed E-state index contributed by atoms with van der Waals surface area (Å²) in [6.45, 7) is 0. The highest BCUT2D eigenvalue weighted by atomic mass is 15.1. The van der Waals surface area contributed by atoms with Gasteiger partial charge in [0.2, 0.25) is 0 Å². The Bertz CT molecular complexity index is 4400. The highest BCUT2D eigenvalue weighted by Gasteiger charge is 2.21. The summed E-state index contributed by atoms with van der Waals surface area (Å²) < 4.78 is 2.31. The Morgan fingerprint density at radius 2 is 0.716 bits per heavy atom. The average molecular weight is 1040 g/mol.